The van der Waals surface area contributed by atoms with Crippen molar-refractivity contribution in [3.8, 4) is 16.3 Å². The lowest BCUT2D eigenvalue weighted by molar-refractivity contribution is 0.0982. The third-order valence-electron chi connectivity index (χ3n) is 6.92. The van der Waals surface area contributed by atoms with Gasteiger partial charge < -0.3 is 9.84 Å². The SMILES string of the molecule is Cc1c(-c2cc(C(=O)NS(=O)(=O)CCO)c3c(OC(C)c4ccccc4)ccc(C)c3n2)sc2c1CCC=C2. The first-order valence-electron chi connectivity index (χ1n) is 12.8. The molecule has 0 radical (unpaired) electrons. The average Bonchev–Trinajstić information content (AvgIpc) is 3.26. The average molecular weight is 563 g/mol. The number of allylic oxidation sites excluding steroid dienone is 1. The van der Waals surface area contributed by atoms with Gasteiger partial charge in [0.2, 0.25) is 10.0 Å². The molecule has 1 atom stereocenters. The molecule has 7 nitrogen and oxygen atoms in total. The molecule has 2 N–H and O–H groups in total. The van der Waals surface area contributed by atoms with Crippen LogP contribution >= 0.6 is 11.3 Å². The molecule has 39 heavy (non-hydrogen) atoms. The molecule has 2 heterocycles. The normalized spacial score (nSPS) is 13.7. The quantitative estimate of drug-likeness (QED) is 0.284. The van der Waals surface area contributed by atoms with Crippen molar-refractivity contribution in [2.75, 3.05) is 12.4 Å². The number of hydrogen-bond acceptors (Lipinski definition) is 7. The van der Waals surface area contributed by atoms with Crippen LogP contribution in [0.25, 0.3) is 27.6 Å². The number of thiophene rings is 1. The summed E-state index contributed by atoms with van der Waals surface area (Å²) in [6.45, 7) is 5.29. The molecule has 4 aromatic rings. The van der Waals surface area contributed by atoms with Crippen LogP contribution in [0.5, 0.6) is 5.75 Å². The zero-order chi connectivity index (χ0) is 27.7. The second kappa shape index (κ2) is 10.9. The minimum absolute atomic E-state index is 0.150. The van der Waals surface area contributed by atoms with E-state index in [1.807, 2.05) is 50.2 Å². The zero-order valence-electron chi connectivity index (χ0n) is 22.0. The standard InChI is InChI=1S/C30H30N2O5S2/c1-18-13-14-25(37-20(3)21-9-5-4-6-10-21)27-23(30(34)32-39(35,36)16-15-33)17-24(31-28(18)27)29-19(2)22-11-7-8-12-26(22)38-29/h4-6,8-10,12-14,17,20,33H,7,11,15-16H2,1-3H3,(H,32,34). The van der Waals surface area contributed by atoms with Gasteiger partial charge in [0, 0.05) is 4.88 Å². The largest absolute Gasteiger partial charge is 0.485 e. The Hall–Kier alpha value is -3.53. The van der Waals surface area contributed by atoms with Crippen molar-refractivity contribution >= 4 is 44.2 Å². The van der Waals surface area contributed by atoms with E-state index in [2.05, 4.69) is 23.8 Å². The van der Waals surface area contributed by atoms with E-state index in [1.165, 1.54) is 10.4 Å². The van der Waals surface area contributed by atoms with Gasteiger partial charge in [0.15, 0.2) is 0 Å². The van der Waals surface area contributed by atoms with E-state index in [4.69, 9.17) is 9.72 Å². The molecule has 0 aliphatic heterocycles. The van der Waals surface area contributed by atoms with Gasteiger partial charge >= 0.3 is 0 Å². The van der Waals surface area contributed by atoms with Crippen LogP contribution in [-0.2, 0) is 16.4 Å². The van der Waals surface area contributed by atoms with Gasteiger partial charge in [0.05, 0.1) is 39.4 Å². The summed E-state index contributed by atoms with van der Waals surface area (Å²) in [6, 6.07) is 15.0. The van der Waals surface area contributed by atoms with Crippen molar-refractivity contribution in [3.05, 3.63) is 87.3 Å². The summed E-state index contributed by atoms with van der Waals surface area (Å²) in [6.07, 6.45) is 5.87. The zero-order valence-corrected chi connectivity index (χ0v) is 23.7. The Morgan fingerprint density at radius 2 is 1.95 bits per heavy atom. The number of aliphatic hydroxyl groups excluding tert-OH is 1. The van der Waals surface area contributed by atoms with Crippen LogP contribution in [-0.4, -0.2) is 36.8 Å². The summed E-state index contributed by atoms with van der Waals surface area (Å²) in [4.78, 5) is 20.7. The number of aromatic nitrogens is 1. The molecule has 0 spiro atoms. The van der Waals surface area contributed by atoms with Gasteiger partial charge in [-0.15, -0.1) is 11.3 Å². The second-order valence-corrected chi connectivity index (χ2v) is 12.5. The minimum atomic E-state index is -4.04. The number of ether oxygens (including phenoxy) is 1. The van der Waals surface area contributed by atoms with E-state index in [-0.39, 0.29) is 11.7 Å². The number of sulfonamides is 1. The van der Waals surface area contributed by atoms with E-state index in [9.17, 15) is 18.3 Å². The number of carbonyl (C=O) groups excluding carboxylic acids is 1. The number of aliphatic hydroxyl groups is 1. The lowest BCUT2D eigenvalue weighted by Crippen LogP contribution is -2.33. The van der Waals surface area contributed by atoms with Crippen LogP contribution < -0.4 is 9.46 Å². The molecule has 0 bridgehead atoms. The van der Waals surface area contributed by atoms with Crippen LogP contribution in [0.3, 0.4) is 0 Å². The van der Waals surface area contributed by atoms with Gasteiger partial charge in [0.1, 0.15) is 11.9 Å². The monoisotopic (exact) mass is 562 g/mol. The molecular weight excluding hydrogens is 532 g/mol. The van der Waals surface area contributed by atoms with E-state index in [0.717, 1.165) is 34.4 Å². The Morgan fingerprint density at radius 3 is 2.67 bits per heavy atom. The van der Waals surface area contributed by atoms with Gasteiger partial charge in [-0.25, -0.2) is 18.1 Å². The van der Waals surface area contributed by atoms with Crippen molar-refractivity contribution in [1.82, 2.24) is 9.71 Å². The molecule has 1 aliphatic carbocycles. The van der Waals surface area contributed by atoms with Crippen molar-refractivity contribution in [2.24, 2.45) is 0 Å². The summed E-state index contributed by atoms with van der Waals surface area (Å²) >= 11 is 1.62. The Labute approximate surface area is 232 Å². The molecule has 0 saturated carbocycles. The van der Waals surface area contributed by atoms with E-state index >= 15 is 0 Å². The highest BCUT2D eigenvalue weighted by Crippen LogP contribution is 2.41. The number of carbonyl (C=O) groups is 1. The smallest absolute Gasteiger partial charge is 0.265 e. The summed E-state index contributed by atoms with van der Waals surface area (Å²) < 4.78 is 33.4. The predicted octanol–water partition coefficient (Wildman–Crippen LogP) is 5.73. The number of amides is 1. The molecule has 9 heteroatoms. The van der Waals surface area contributed by atoms with E-state index < -0.39 is 28.3 Å². The van der Waals surface area contributed by atoms with Crippen LogP contribution in [0.1, 0.15) is 56.9 Å². The number of benzene rings is 2. The Kier molecular flexibility index (Phi) is 7.57. The van der Waals surface area contributed by atoms with Crippen molar-refractivity contribution in [3.63, 3.8) is 0 Å². The first kappa shape index (κ1) is 27.1. The van der Waals surface area contributed by atoms with Gasteiger partial charge in [0.25, 0.3) is 5.91 Å². The lowest BCUT2D eigenvalue weighted by Gasteiger charge is -2.19. The van der Waals surface area contributed by atoms with Gasteiger partial charge in [-0.1, -0.05) is 42.5 Å². The highest BCUT2D eigenvalue weighted by atomic mass is 32.2. The van der Waals surface area contributed by atoms with Gasteiger partial charge in [-0.3, -0.25) is 4.79 Å². The topological polar surface area (TPSA) is 106 Å². The number of nitrogens with zero attached hydrogens (tertiary/aromatic N) is 1. The van der Waals surface area contributed by atoms with E-state index in [1.54, 1.807) is 23.5 Å². The number of fused-ring (bicyclic) bond motifs is 2. The number of pyridine rings is 1. The Morgan fingerprint density at radius 1 is 1.18 bits per heavy atom. The van der Waals surface area contributed by atoms with Crippen LogP contribution in [0.4, 0.5) is 0 Å². The molecular formula is C30H30N2O5S2. The fraction of sp³-hybridized carbons (Fsp3) is 0.267. The Bertz CT molecular complexity index is 1690. The summed E-state index contributed by atoms with van der Waals surface area (Å²) in [5.41, 5.74) is 5.51. The van der Waals surface area contributed by atoms with Gasteiger partial charge in [-0.2, -0.15) is 0 Å². The number of rotatable bonds is 8. The van der Waals surface area contributed by atoms with Crippen LogP contribution in [0.2, 0.25) is 0 Å². The van der Waals surface area contributed by atoms with Crippen LogP contribution in [0.15, 0.2) is 54.6 Å². The van der Waals surface area contributed by atoms with Crippen molar-refractivity contribution < 1.29 is 23.1 Å². The first-order valence-corrected chi connectivity index (χ1v) is 15.3. The lowest BCUT2D eigenvalue weighted by atomic mass is 9.98. The molecule has 202 valence electrons. The van der Waals surface area contributed by atoms with E-state index in [0.29, 0.717) is 22.3 Å². The molecule has 1 aliphatic rings. The maximum Gasteiger partial charge on any atom is 0.265 e. The molecule has 1 amide bonds. The predicted molar refractivity (Wildman–Crippen MR) is 156 cm³/mol. The highest BCUT2D eigenvalue weighted by molar-refractivity contribution is 7.90. The molecule has 2 aromatic heterocycles. The minimum Gasteiger partial charge on any atom is -0.485 e. The number of nitrogens with one attached hydrogen (secondary N) is 1. The maximum absolute atomic E-state index is 13.6. The summed E-state index contributed by atoms with van der Waals surface area (Å²) in [5.74, 6) is -0.940. The number of hydrogen-bond donors (Lipinski definition) is 2. The molecule has 2 aromatic carbocycles. The highest BCUT2D eigenvalue weighted by Gasteiger charge is 2.25. The fourth-order valence-electron chi connectivity index (χ4n) is 4.86. The molecule has 1 unspecified atom stereocenters. The third-order valence-corrected chi connectivity index (χ3v) is 9.45. The van der Waals surface area contributed by atoms with Crippen molar-refractivity contribution in [2.45, 2.75) is 39.7 Å². The maximum atomic E-state index is 13.6. The summed E-state index contributed by atoms with van der Waals surface area (Å²) in [7, 11) is -4.04. The van der Waals surface area contributed by atoms with Crippen LogP contribution in [0, 0.1) is 13.8 Å². The second-order valence-electron chi connectivity index (χ2n) is 9.64. The number of aryl methyl sites for hydroxylation is 1. The van der Waals surface area contributed by atoms with Gasteiger partial charge in [-0.05, 0) is 74.1 Å². The Balaban J connectivity index is 1.70. The fourth-order valence-corrected chi connectivity index (χ4v) is 6.85. The third kappa shape index (κ3) is 5.48. The molecule has 0 saturated heterocycles. The molecule has 5 rings (SSSR count). The molecule has 0 fully saturated rings. The summed E-state index contributed by atoms with van der Waals surface area (Å²) in [5, 5.41) is 9.63. The van der Waals surface area contributed by atoms with Crippen molar-refractivity contribution in [1.29, 1.82) is 0 Å². The first-order chi connectivity index (χ1) is 18.7.